The molecule has 1 aromatic carbocycles. The molecule has 0 saturated heterocycles. The van der Waals surface area contributed by atoms with Crippen LogP contribution in [0.15, 0.2) is 42.7 Å². The molecule has 1 N–H and O–H groups in total. The number of carbonyl (C=O) groups excluding carboxylic acids is 2. The lowest BCUT2D eigenvalue weighted by molar-refractivity contribution is -0.145. The summed E-state index contributed by atoms with van der Waals surface area (Å²) in [7, 11) is 1.73. The van der Waals surface area contributed by atoms with Crippen LogP contribution in [0.25, 0.3) is 0 Å². The average Bonchev–Trinajstić information content (AvgIpc) is 2.62. The fourth-order valence-corrected chi connectivity index (χ4v) is 2.80. The van der Waals surface area contributed by atoms with Crippen molar-refractivity contribution in [3.63, 3.8) is 0 Å². The zero-order valence-electron chi connectivity index (χ0n) is 16.2. The molecule has 2 amide bonds. The molecule has 0 aliphatic carbocycles. The van der Waals surface area contributed by atoms with Crippen molar-refractivity contribution in [1.29, 1.82) is 0 Å². The highest BCUT2D eigenvalue weighted by atomic mass is 16.2. The Labute approximate surface area is 155 Å². The molecule has 1 aromatic heterocycles. The van der Waals surface area contributed by atoms with E-state index in [0.29, 0.717) is 6.54 Å². The van der Waals surface area contributed by atoms with Crippen LogP contribution in [0, 0.1) is 19.3 Å². The topological polar surface area (TPSA) is 62.3 Å². The van der Waals surface area contributed by atoms with Crippen molar-refractivity contribution in [2.45, 2.75) is 34.1 Å². The highest BCUT2D eigenvalue weighted by Crippen LogP contribution is 2.25. The zero-order chi connectivity index (χ0) is 19.3. The second-order valence-electron chi connectivity index (χ2n) is 7.18. The van der Waals surface area contributed by atoms with Gasteiger partial charge in [-0.05, 0) is 62.9 Å². The van der Waals surface area contributed by atoms with Crippen molar-refractivity contribution >= 4 is 17.5 Å². The molecule has 138 valence electrons. The molecule has 0 radical (unpaired) electrons. The maximum atomic E-state index is 12.8. The Morgan fingerprint density at radius 1 is 1.08 bits per heavy atom. The van der Waals surface area contributed by atoms with Gasteiger partial charge in [-0.1, -0.05) is 18.2 Å². The van der Waals surface area contributed by atoms with Crippen LogP contribution < -0.4 is 5.32 Å². The molecule has 2 rings (SSSR count). The largest absolute Gasteiger partial charge is 0.345 e. The summed E-state index contributed by atoms with van der Waals surface area (Å²) in [6, 6.07) is 9.69. The molecular weight excluding hydrogens is 326 g/mol. The van der Waals surface area contributed by atoms with Gasteiger partial charge in [-0.25, -0.2) is 0 Å². The summed E-state index contributed by atoms with van der Waals surface area (Å²) in [6.45, 7) is 7.77. The number of carbonyl (C=O) groups is 2. The second-order valence-corrected chi connectivity index (χ2v) is 7.18. The number of amides is 2. The Morgan fingerprint density at radius 3 is 2.23 bits per heavy atom. The standard InChI is InChI=1S/C21H27N3O2/c1-15-7-6-8-16(2)18(15)23-19(25)21(3,4)20(26)24(5)14-11-17-9-12-22-13-10-17/h6-10,12-13H,11,14H2,1-5H3,(H,23,25). The van der Waals surface area contributed by atoms with Crippen molar-refractivity contribution in [1.82, 2.24) is 9.88 Å². The summed E-state index contributed by atoms with van der Waals surface area (Å²) in [5.74, 6) is -0.494. The second kappa shape index (κ2) is 8.13. The molecule has 26 heavy (non-hydrogen) atoms. The number of pyridine rings is 1. The quantitative estimate of drug-likeness (QED) is 0.810. The molecule has 0 fully saturated rings. The Bertz CT molecular complexity index is 765. The van der Waals surface area contributed by atoms with E-state index in [2.05, 4.69) is 10.3 Å². The Balaban J connectivity index is 2.04. The van der Waals surface area contributed by atoms with E-state index in [9.17, 15) is 9.59 Å². The summed E-state index contributed by atoms with van der Waals surface area (Å²) < 4.78 is 0. The van der Waals surface area contributed by atoms with E-state index in [1.165, 1.54) is 0 Å². The van der Waals surface area contributed by atoms with E-state index in [1.807, 2.05) is 44.2 Å². The number of hydrogen-bond donors (Lipinski definition) is 1. The third kappa shape index (κ3) is 4.48. The molecule has 0 unspecified atom stereocenters. The molecular formula is C21H27N3O2. The van der Waals surface area contributed by atoms with Crippen LogP contribution in [0.4, 0.5) is 5.69 Å². The van der Waals surface area contributed by atoms with E-state index in [1.54, 1.807) is 38.2 Å². The minimum atomic E-state index is -1.15. The third-order valence-corrected chi connectivity index (χ3v) is 4.65. The Hall–Kier alpha value is -2.69. The lowest BCUT2D eigenvalue weighted by Crippen LogP contribution is -2.46. The number of hydrogen-bond acceptors (Lipinski definition) is 3. The summed E-state index contributed by atoms with van der Waals surface area (Å²) in [4.78, 5) is 31.2. The first-order chi connectivity index (χ1) is 12.2. The summed E-state index contributed by atoms with van der Waals surface area (Å²) in [5, 5.41) is 2.93. The van der Waals surface area contributed by atoms with E-state index < -0.39 is 5.41 Å². The van der Waals surface area contributed by atoms with Gasteiger partial charge in [0.05, 0.1) is 0 Å². The fraction of sp³-hybridized carbons (Fsp3) is 0.381. The van der Waals surface area contributed by atoms with E-state index in [0.717, 1.165) is 28.8 Å². The third-order valence-electron chi connectivity index (χ3n) is 4.65. The minimum absolute atomic E-state index is 0.199. The first kappa shape index (κ1) is 19.6. The number of nitrogens with zero attached hydrogens (tertiary/aromatic N) is 2. The van der Waals surface area contributed by atoms with Gasteiger partial charge >= 0.3 is 0 Å². The lowest BCUT2D eigenvalue weighted by Gasteiger charge is -2.29. The van der Waals surface area contributed by atoms with Gasteiger partial charge in [-0.15, -0.1) is 0 Å². The number of nitrogens with one attached hydrogen (secondary N) is 1. The molecule has 5 heteroatoms. The highest BCUT2D eigenvalue weighted by molar-refractivity contribution is 6.10. The first-order valence-electron chi connectivity index (χ1n) is 8.75. The molecule has 0 spiro atoms. The lowest BCUT2D eigenvalue weighted by atomic mass is 9.89. The predicted molar refractivity (Wildman–Crippen MR) is 104 cm³/mol. The maximum Gasteiger partial charge on any atom is 0.239 e. The zero-order valence-corrected chi connectivity index (χ0v) is 16.2. The van der Waals surface area contributed by atoms with Crippen molar-refractivity contribution in [3.8, 4) is 0 Å². The SMILES string of the molecule is Cc1cccc(C)c1NC(=O)C(C)(C)C(=O)N(C)CCc1ccncc1. The molecule has 0 saturated carbocycles. The van der Waals surface area contributed by atoms with Crippen molar-refractivity contribution in [3.05, 3.63) is 59.4 Å². The van der Waals surface area contributed by atoms with Crippen LogP contribution in [0.3, 0.4) is 0 Å². The molecule has 0 aliphatic rings. The van der Waals surface area contributed by atoms with E-state index in [-0.39, 0.29) is 11.8 Å². The predicted octanol–water partition coefficient (Wildman–Crippen LogP) is 3.36. The Morgan fingerprint density at radius 2 is 1.65 bits per heavy atom. The number of para-hydroxylation sites is 1. The summed E-state index contributed by atoms with van der Waals surface area (Å²) in [5.41, 5.74) is 2.69. The Kier molecular flexibility index (Phi) is 6.14. The van der Waals surface area contributed by atoms with Gasteiger partial charge in [0.25, 0.3) is 0 Å². The van der Waals surface area contributed by atoms with Gasteiger partial charge in [0, 0.05) is 31.7 Å². The molecule has 0 aliphatic heterocycles. The number of rotatable bonds is 6. The molecule has 2 aromatic rings. The minimum Gasteiger partial charge on any atom is -0.345 e. The van der Waals surface area contributed by atoms with Crippen LogP contribution >= 0.6 is 0 Å². The average molecular weight is 353 g/mol. The van der Waals surface area contributed by atoms with E-state index in [4.69, 9.17) is 0 Å². The number of anilines is 1. The van der Waals surface area contributed by atoms with Gasteiger partial charge in [-0.2, -0.15) is 0 Å². The van der Waals surface area contributed by atoms with Gasteiger partial charge in [0.15, 0.2) is 0 Å². The van der Waals surface area contributed by atoms with Crippen LogP contribution in [0.2, 0.25) is 0 Å². The van der Waals surface area contributed by atoms with Crippen molar-refractivity contribution in [2.24, 2.45) is 5.41 Å². The van der Waals surface area contributed by atoms with Gasteiger partial charge < -0.3 is 10.2 Å². The smallest absolute Gasteiger partial charge is 0.239 e. The number of likely N-dealkylation sites (N-methyl/N-ethyl adjacent to an activating group) is 1. The molecule has 0 bridgehead atoms. The summed E-state index contributed by atoms with van der Waals surface area (Å²) in [6.07, 6.45) is 4.19. The monoisotopic (exact) mass is 353 g/mol. The van der Waals surface area contributed by atoms with Crippen LogP contribution in [-0.2, 0) is 16.0 Å². The van der Waals surface area contributed by atoms with E-state index >= 15 is 0 Å². The van der Waals surface area contributed by atoms with Crippen LogP contribution in [-0.4, -0.2) is 35.3 Å². The molecule has 5 nitrogen and oxygen atoms in total. The van der Waals surface area contributed by atoms with Gasteiger partial charge in [0.1, 0.15) is 5.41 Å². The van der Waals surface area contributed by atoms with Crippen molar-refractivity contribution < 1.29 is 9.59 Å². The molecule has 1 heterocycles. The summed E-state index contributed by atoms with van der Waals surface area (Å²) >= 11 is 0. The van der Waals surface area contributed by atoms with Gasteiger partial charge in [0.2, 0.25) is 11.8 Å². The fourth-order valence-electron chi connectivity index (χ4n) is 2.80. The number of aromatic nitrogens is 1. The van der Waals surface area contributed by atoms with Gasteiger partial charge in [-0.3, -0.25) is 14.6 Å². The highest BCUT2D eigenvalue weighted by Gasteiger charge is 2.38. The van der Waals surface area contributed by atoms with Crippen LogP contribution in [0.1, 0.15) is 30.5 Å². The first-order valence-corrected chi connectivity index (χ1v) is 8.75. The molecule has 0 atom stereocenters. The van der Waals surface area contributed by atoms with Crippen molar-refractivity contribution in [2.75, 3.05) is 18.9 Å². The number of aryl methyl sites for hydroxylation is 2. The van der Waals surface area contributed by atoms with Crippen LogP contribution in [0.5, 0.6) is 0 Å². The normalized spacial score (nSPS) is 11.1. The maximum absolute atomic E-state index is 12.8. The number of benzene rings is 1.